The quantitative estimate of drug-likeness (QED) is 0.232. The lowest BCUT2D eigenvalue weighted by Crippen LogP contribution is -2.26. The molecule has 1 unspecified atom stereocenters. The number of rotatable bonds is 8. The largest absolute Gasteiger partial charge is 0.479 e. The van der Waals surface area contributed by atoms with Crippen LogP contribution in [0.4, 0.5) is 0 Å². The number of aryl methyl sites for hydroxylation is 1. The maximum atomic E-state index is 13.2. The Labute approximate surface area is 240 Å². The molecule has 2 N–H and O–H groups in total. The molecule has 1 amide bonds. The van der Waals surface area contributed by atoms with Gasteiger partial charge in [-0.25, -0.2) is 4.79 Å². The molecule has 2 atom stereocenters. The molecule has 7 heteroatoms. The van der Waals surface area contributed by atoms with Crippen LogP contribution in [0.15, 0.2) is 60.7 Å². The Bertz CT molecular complexity index is 1560. The van der Waals surface area contributed by atoms with Gasteiger partial charge < -0.3 is 19.7 Å². The molecule has 4 aromatic rings. The highest BCUT2D eigenvalue weighted by molar-refractivity contribution is 6.32. The van der Waals surface area contributed by atoms with Crippen LogP contribution in [-0.2, 0) is 16.8 Å². The van der Waals surface area contributed by atoms with Crippen LogP contribution in [0.1, 0.15) is 79.0 Å². The molecule has 6 nitrogen and oxygen atoms in total. The third kappa shape index (κ3) is 6.02. The Morgan fingerprint density at radius 1 is 1.02 bits per heavy atom. The molecule has 0 saturated carbocycles. The van der Waals surface area contributed by atoms with Crippen molar-refractivity contribution in [3.63, 3.8) is 0 Å². The fourth-order valence-electron chi connectivity index (χ4n) is 4.81. The van der Waals surface area contributed by atoms with Gasteiger partial charge >= 0.3 is 5.97 Å². The molecule has 0 aliphatic heterocycles. The maximum absolute atomic E-state index is 13.2. The fraction of sp³-hybridized carbons (Fsp3) is 0.333. The van der Waals surface area contributed by atoms with Crippen LogP contribution in [0.3, 0.4) is 0 Å². The lowest BCUT2D eigenvalue weighted by atomic mass is 9.86. The first kappa shape index (κ1) is 29.2. The van der Waals surface area contributed by atoms with Crippen LogP contribution in [0, 0.1) is 13.8 Å². The van der Waals surface area contributed by atoms with E-state index in [9.17, 15) is 14.7 Å². The Balaban J connectivity index is 1.57. The lowest BCUT2D eigenvalue weighted by molar-refractivity contribution is -0.144. The van der Waals surface area contributed by atoms with E-state index in [1.165, 1.54) is 12.5 Å². The fourth-order valence-corrected chi connectivity index (χ4v) is 5.04. The summed E-state index contributed by atoms with van der Waals surface area (Å²) in [6, 6.07) is 19.4. The van der Waals surface area contributed by atoms with Crippen molar-refractivity contribution in [3.05, 3.63) is 99.2 Å². The van der Waals surface area contributed by atoms with Gasteiger partial charge in [0.25, 0.3) is 5.91 Å². The summed E-state index contributed by atoms with van der Waals surface area (Å²) in [7, 11) is 0. The van der Waals surface area contributed by atoms with E-state index in [4.69, 9.17) is 16.3 Å². The van der Waals surface area contributed by atoms with E-state index >= 15 is 0 Å². The molecule has 40 heavy (non-hydrogen) atoms. The minimum absolute atomic E-state index is 0.0770. The van der Waals surface area contributed by atoms with Crippen LogP contribution >= 0.6 is 11.6 Å². The number of carboxylic acid groups (broad SMARTS) is 1. The van der Waals surface area contributed by atoms with Gasteiger partial charge in [0, 0.05) is 28.7 Å². The third-order valence-corrected chi connectivity index (χ3v) is 7.98. The minimum Gasteiger partial charge on any atom is -0.479 e. The number of nitrogens with one attached hydrogen (secondary N) is 1. The molecule has 1 aromatic heterocycles. The normalized spacial score (nSPS) is 13.2. The van der Waals surface area contributed by atoms with Gasteiger partial charge in [0.05, 0.1) is 11.1 Å². The second kappa shape index (κ2) is 11.4. The van der Waals surface area contributed by atoms with E-state index in [-0.39, 0.29) is 17.4 Å². The van der Waals surface area contributed by atoms with Gasteiger partial charge in [0.15, 0.2) is 6.10 Å². The second-order valence-electron chi connectivity index (χ2n) is 11.4. The zero-order chi connectivity index (χ0) is 29.4. The smallest absolute Gasteiger partial charge is 0.344 e. The topological polar surface area (TPSA) is 80.6 Å². The van der Waals surface area contributed by atoms with Crippen molar-refractivity contribution in [1.82, 2.24) is 9.88 Å². The van der Waals surface area contributed by atoms with E-state index in [0.29, 0.717) is 22.9 Å². The number of hydrogen-bond acceptors (Lipinski definition) is 3. The van der Waals surface area contributed by atoms with Gasteiger partial charge in [-0.3, -0.25) is 4.79 Å². The summed E-state index contributed by atoms with van der Waals surface area (Å²) in [5, 5.41) is 13.7. The summed E-state index contributed by atoms with van der Waals surface area (Å²) < 4.78 is 7.70. The number of aliphatic carboxylic acids is 1. The number of hydrogen-bond donors (Lipinski definition) is 2. The van der Waals surface area contributed by atoms with Crippen molar-refractivity contribution in [3.8, 4) is 5.75 Å². The van der Waals surface area contributed by atoms with Gasteiger partial charge in [0.2, 0.25) is 0 Å². The predicted octanol–water partition coefficient (Wildman–Crippen LogP) is 7.60. The standard InChI is InChI=1S/C33H37ClN2O4/c1-19-21(3)36(18-25-9-8-10-29(30(25)34)40-22(4)32(38)39)28-16-13-24(17-27(19)28)31(37)35-20(2)23-11-14-26(15-12-23)33(5,6)7/h8-17,20,22H,18H2,1-7H3,(H,35,37)(H,38,39)/t20-,22?/m0/s1. The molecule has 1 heterocycles. The van der Waals surface area contributed by atoms with Crippen molar-refractivity contribution >= 4 is 34.4 Å². The number of nitrogens with zero attached hydrogens (tertiary/aromatic N) is 1. The molecule has 0 aliphatic carbocycles. The van der Waals surface area contributed by atoms with Crippen LogP contribution < -0.4 is 10.1 Å². The summed E-state index contributed by atoms with van der Waals surface area (Å²) in [5.41, 5.74) is 6.92. The highest BCUT2D eigenvalue weighted by atomic mass is 35.5. The Morgan fingerprint density at radius 3 is 2.33 bits per heavy atom. The summed E-state index contributed by atoms with van der Waals surface area (Å²) in [5.74, 6) is -0.849. The summed E-state index contributed by atoms with van der Waals surface area (Å²) >= 11 is 6.63. The second-order valence-corrected chi connectivity index (χ2v) is 11.8. The lowest BCUT2D eigenvalue weighted by Gasteiger charge is -2.21. The Kier molecular flexibility index (Phi) is 8.31. The Hall–Kier alpha value is -3.77. The third-order valence-electron chi connectivity index (χ3n) is 7.55. The van der Waals surface area contributed by atoms with Crippen molar-refractivity contribution in [1.29, 1.82) is 0 Å². The van der Waals surface area contributed by atoms with Crippen molar-refractivity contribution in [2.24, 2.45) is 0 Å². The van der Waals surface area contributed by atoms with Crippen molar-refractivity contribution < 1.29 is 19.4 Å². The van der Waals surface area contributed by atoms with Gasteiger partial charge in [0.1, 0.15) is 5.75 Å². The average molecular weight is 561 g/mol. The number of halogens is 1. The molecule has 210 valence electrons. The van der Waals surface area contributed by atoms with Crippen LogP contribution in [-0.4, -0.2) is 27.7 Å². The molecule has 0 spiro atoms. The number of ether oxygens (including phenoxy) is 1. The zero-order valence-corrected chi connectivity index (χ0v) is 24.9. The zero-order valence-electron chi connectivity index (χ0n) is 24.1. The first-order valence-corrected chi connectivity index (χ1v) is 13.8. The monoisotopic (exact) mass is 560 g/mol. The molecule has 4 rings (SSSR count). The summed E-state index contributed by atoms with van der Waals surface area (Å²) in [4.78, 5) is 24.5. The molecule has 0 radical (unpaired) electrons. The van der Waals surface area contributed by atoms with Gasteiger partial charge in [-0.1, -0.05) is 68.8 Å². The average Bonchev–Trinajstić information content (AvgIpc) is 3.14. The summed E-state index contributed by atoms with van der Waals surface area (Å²) in [6.45, 7) is 14.6. The van der Waals surface area contributed by atoms with Crippen molar-refractivity contribution in [2.75, 3.05) is 0 Å². The van der Waals surface area contributed by atoms with Crippen LogP contribution in [0.5, 0.6) is 5.75 Å². The van der Waals surface area contributed by atoms with Crippen LogP contribution in [0.2, 0.25) is 5.02 Å². The van der Waals surface area contributed by atoms with Gasteiger partial charge in [-0.05, 0) is 79.6 Å². The molecule has 0 saturated heterocycles. The van der Waals surface area contributed by atoms with Gasteiger partial charge in [-0.2, -0.15) is 0 Å². The van der Waals surface area contributed by atoms with Crippen LogP contribution in [0.25, 0.3) is 10.9 Å². The summed E-state index contributed by atoms with van der Waals surface area (Å²) in [6.07, 6.45) is -1.01. The first-order valence-electron chi connectivity index (χ1n) is 13.5. The van der Waals surface area contributed by atoms with E-state index in [1.807, 2.05) is 45.0 Å². The number of aromatic nitrogens is 1. The van der Waals surface area contributed by atoms with Crippen molar-refractivity contribution in [2.45, 2.75) is 72.6 Å². The van der Waals surface area contributed by atoms with E-state index < -0.39 is 12.1 Å². The highest BCUT2D eigenvalue weighted by Crippen LogP contribution is 2.33. The molecular weight excluding hydrogens is 524 g/mol. The maximum Gasteiger partial charge on any atom is 0.344 e. The molecule has 0 fully saturated rings. The Morgan fingerprint density at radius 2 is 1.70 bits per heavy atom. The van der Waals surface area contributed by atoms with Gasteiger partial charge in [-0.15, -0.1) is 0 Å². The number of carboxylic acids is 1. The number of benzene rings is 3. The molecule has 3 aromatic carbocycles. The molecule has 0 aliphatic rings. The number of fused-ring (bicyclic) bond motifs is 1. The first-order chi connectivity index (χ1) is 18.8. The molecular formula is C33H37ClN2O4. The minimum atomic E-state index is -1.06. The van der Waals surface area contributed by atoms with E-state index in [2.05, 4.69) is 54.9 Å². The molecule has 0 bridgehead atoms. The SMILES string of the molecule is Cc1c(C)n(Cc2cccc(OC(C)C(=O)O)c2Cl)c2ccc(C(=O)N[C@@H](C)c3ccc(C(C)(C)C)cc3)cc12. The number of amides is 1. The number of carbonyl (C=O) groups is 2. The predicted molar refractivity (Wildman–Crippen MR) is 161 cm³/mol. The van der Waals surface area contributed by atoms with E-state index in [1.54, 1.807) is 12.1 Å². The van der Waals surface area contributed by atoms with E-state index in [0.717, 1.165) is 33.3 Å². The number of carbonyl (C=O) groups excluding carboxylic acids is 1. The highest BCUT2D eigenvalue weighted by Gasteiger charge is 2.20.